The smallest absolute Gasteiger partial charge is 0.235 e. The molecule has 0 aromatic heterocycles. The van der Waals surface area contributed by atoms with Gasteiger partial charge in [0.1, 0.15) is 11.4 Å². The van der Waals surface area contributed by atoms with E-state index in [-0.39, 0.29) is 15.8 Å². The van der Waals surface area contributed by atoms with Gasteiger partial charge in [-0.05, 0) is 41.3 Å². The van der Waals surface area contributed by atoms with Crippen molar-refractivity contribution in [2.45, 2.75) is 24.8 Å². The molecule has 1 fully saturated rings. The number of methoxy groups -OCH3 is 1. The lowest BCUT2D eigenvalue weighted by molar-refractivity contribution is 0.233. The predicted octanol–water partition coefficient (Wildman–Crippen LogP) is 3.45. The van der Waals surface area contributed by atoms with Crippen molar-refractivity contribution in [3.63, 3.8) is 0 Å². The number of hydrogen-bond donors (Lipinski definition) is 0. The van der Waals surface area contributed by atoms with Crippen LogP contribution in [0.3, 0.4) is 0 Å². The fourth-order valence-electron chi connectivity index (χ4n) is 2.21. The first-order chi connectivity index (χ1) is 8.55. The Balaban J connectivity index is 2.72. The zero-order valence-electron chi connectivity index (χ0n) is 9.60. The Morgan fingerprint density at radius 2 is 2.17 bits per heavy atom. The Hall–Kier alpha value is -1.26. The molecular formula is C12H10BrF2NO2. The van der Waals surface area contributed by atoms with E-state index in [4.69, 9.17) is 4.74 Å². The Labute approximate surface area is 111 Å². The van der Waals surface area contributed by atoms with E-state index in [9.17, 15) is 13.6 Å². The Morgan fingerprint density at radius 1 is 1.50 bits per heavy atom. The molecule has 0 aliphatic heterocycles. The average Bonchev–Trinajstić information content (AvgIpc) is 2.28. The fourth-order valence-corrected chi connectivity index (χ4v) is 2.61. The van der Waals surface area contributed by atoms with Gasteiger partial charge in [0.05, 0.1) is 17.1 Å². The van der Waals surface area contributed by atoms with Gasteiger partial charge in [-0.2, -0.15) is 4.99 Å². The highest BCUT2D eigenvalue weighted by Crippen LogP contribution is 2.50. The number of halogens is 3. The van der Waals surface area contributed by atoms with Crippen molar-refractivity contribution >= 4 is 22.0 Å². The second-order valence-corrected chi connectivity index (χ2v) is 5.01. The van der Waals surface area contributed by atoms with Crippen molar-refractivity contribution in [1.82, 2.24) is 0 Å². The number of isocyanates is 1. The molecule has 6 heteroatoms. The third kappa shape index (κ3) is 1.85. The second-order valence-electron chi connectivity index (χ2n) is 4.15. The highest BCUT2D eigenvalue weighted by molar-refractivity contribution is 9.10. The molecule has 0 radical (unpaired) electrons. The maximum Gasteiger partial charge on any atom is 0.235 e. The van der Waals surface area contributed by atoms with E-state index in [0.717, 1.165) is 12.5 Å². The topological polar surface area (TPSA) is 38.7 Å². The summed E-state index contributed by atoms with van der Waals surface area (Å²) in [5.74, 6) is -1.53. The van der Waals surface area contributed by atoms with E-state index < -0.39 is 17.2 Å². The monoisotopic (exact) mass is 317 g/mol. The number of benzene rings is 1. The minimum Gasteiger partial charge on any atom is -0.493 e. The van der Waals surface area contributed by atoms with Crippen LogP contribution in [0.15, 0.2) is 15.5 Å². The normalized spacial score (nSPS) is 16.7. The quantitative estimate of drug-likeness (QED) is 0.486. The lowest BCUT2D eigenvalue weighted by Crippen LogP contribution is -2.34. The van der Waals surface area contributed by atoms with Crippen molar-refractivity contribution in [1.29, 1.82) is 0 Å². The molecule has 0 heterocycles. The fraction of sp³-hybridized carbons (Fsp3) is 0.417. The molecule has 0 amide bonds. The Bertz CT molecular complexity index is 537. The molecule has 0 saturated heterocycles. The van der Waals surface area contributed by atoms with Gasteiger partial charge in [0.25, 0.3) is 0 Å². The summed E-state index contributed by atoms with van der Waals surface area (Å²) >= 11 is 2.95. The molecule has 0 spiro atoms. The molecule has 0 atom stereocenters. The van der Waals surface area contributed by atoms with Crippen LogP contribution in [0, 0.1) is 11.6 Å². The summed E-state index contributed by atoms with van der Waals surface area (Å²) in [6.07, 6.45) is 3.19. The van der Waals surface area contributed by atoms with Crippen LogP contribution < -0.4 is 4.74 Å². The third-order valence-corrected chi connectivity index (χ3v) is 3.81. The molecule has 1 aliphatic carbocycles. The van der Waals surface area contributed by atoms with Crippen LogP contribution in [-0.4, -0.2) is 13.2 Å². The van der Waals surface area contributed by atoms with Crippen LogP contribution in [0.2, 0.25) is 0 Å². The third-order valence-electron chi connectivity index (χ3n) is 3.24. The molecule has 0 N–H and O–H groups in total. The standard InChI is InChI=1S/C12H10BrF2NO2/c1-18-11-8(14)5-7(13)10(15)9(11)12(16-6-17)3-2-4-12/h5H,2-4H2,1H3. The zero-order chi connectivity index (χ0) is 13.3. The van der Waals surface area contributed by atoms with Crippen molar-refractivity contribution in [3.8, 4) is 5.75 Å². The highest BCUT2D eigenvalue weighted by atomic mass is 79.9. The SMILES string of the molecule is COc1c(F)cc(Br)c(F)c1C1(N=C=O)CCC1. The lowest BCUT2D eigenvalue weighted by Gasteiger charge is -2.38. The van der Waals surface area contributed by atoms with E-state index in [0.29, 0.717) is 12.8 Å². The molecule has 96 valence electrons. The highest BCUT2D eigenvalue weighted by Gasteiger charge is 2.44. The summed E-state index contributed by atoms with van der Waals surface area (Å²) in [5, 5.41) is 0. The van der Waals surface area contributed by atoms with E-state index in [2.05, 4.69) is 20.9 Å². The number of hydrogen-bond acceptors (Lipinski definition) is 3. The number of aliphatic imine (C=N–C) groups is 1. The van der Waals surface area contributed by atoms with Gasteiger partial charge in [-0.1, -0.05) is 0 Å². The first kappa shape index (κ1) is 13.2. The zero-order valence-corrected chi connectivity index (χ0v) is 11.2. The number of ether oxygens (including phenoxy) is 1. The maximum absolute atomic E-state index is 14.2. The van der Waals surface area contributed by atoms with Crippen molar-refractivity contribution in [2.75, 3.05) is 7.11 Å². The summed E-state index contributed by atoms with van der Waals surface area (Å²) in [5.41, 5.74) is -1.05. The van der Waals surface area contributed by atoms with Gasteiger partial charge >= 0.3 is 0 Å². The first-order valence-electron chi connectivity index (χ1n) is 5.37. The van der Waals surface area contributed by atoms with Crippen molar-refractivity contribution in [3.05, 3.63) is 27.7 Å². The Kier molecular flexibility index (Phi) is 3.50. The van der Waals surface area contributed by atoms with Crippen molar-refractivity contribution in [2.24, 2.45) is 4.99 Å². The van der Waals surface area contributed by atoms with Crippen LogP contribution in [-0.2, 0) is 10.3 Å². The predicted molar refractivity (Wildman–Crippen MR) is 64.3 cm³/mol. The summed E-state index contributed by atoms with van der Waals surface area (Å²) < 4.78 is 32.8. The van der Waals surface area contributed by atoms with Crippen LogP contribution in [0.4, 0.5) is 8.78 Å². The molecule has 0 unspecified atom stereocenters. The van der Waals surface area contributed by atoms with Crippen LogP contribution in [0.5, 0.6) is 5.75 Å². The largest absolute Gasteiger partial charge is 0.493 e. The minimum atomic E-state index is -1.04. The molecule has 1 saturated carbocycles. The Morgan fingerprint density at radius 3 is 2.61 bits per heavy atom. The number of carbonyl (C=O) groups excluding carboxylic acids is 1. The molecule has 2 rings (SSSR count). The molecule has 0 bridgehead atoms. The van der Waals surface area contributed by atoms with E-state index in [1.54, 1.807) is 0 Å². The van der Waals surface area contributed by atoms with Crippen molar-refractivity contribution < 1.29 is 18.3 Å². The van der Waals surface area contributed by atoms with E-state index in [1.807, 2.05) is 0 Å². The molecule has 3 nitrogen and oxygen atoms in total. The lowest BCUT2D eigenvalue weighted by atomic mass is 9.71. The molecule has 18 heavy (non-hydrogen) atoms. The van der Waals surface area contributed by atoms with Gasteiger partial charge in [0, 0.05) is 0 Å². The number of rotatable bonds is 3. The molecule has 1 aromatic carbocycles. The van der Waals surface area contributed by atoms with E-state index in [1.165, 1.54) is 13.2 Å². The molecular weight excluding hydrogens is 308 g/mol. The van der Waals surface area contributed by atoms with Gasteiger partial charge in [-0.3, -0.25) is 0 Å². The second kappa shape index (κ2) is 4.78. The van der Waals surface area contributed by atoms with Gasteiger partial charge in [0.2, 0.25) is 6.08 Å². The molecule has 1 aliphatic rings. The van der Waals surface area contributed by atoms with Gasteiger partial charge < -0.3 is 4.74 Å². The molecule has 1 aromatic rings. The van der Waals surface area contributed by atoms with E-state index >= 15 is 0 Å². The van der Waals surface area contributed by atoms with Crippen LogP contribution in [0.1, 0.15) is 24.8 Å². The maximum atomic E-state index is 14.2. The van der Waals surface area contributed by atoms with Gasteiger partial charge in [-0.15, -0.1) is 0 Å². The first-order valence-corrected chi connectivity index (χ1v) is 6.16. The summed E-state index contributed by atoms with van der Waals surface area (Å²) in [4.78, 5) is 14.2. The summed E-state index contributed by atoms with van der Waals surface area (Å²) in [6, 6.07) is 0.995. The summed E-state index contributed by atoms with van der Waals surface area (Å²) in [6.45, 7) is 0. The average molecular weight is 318 g/mol. The van der Waals surface area contributed by atoms with Crippen LogP contribution >= 0.6 is 15.9 Å². The number of nitrogens with zero attached hydrogens (tertiary/aromatic N) is 1. The van der Waals surface area contributed by atoms with Crippen LogP contribution in [0.25, 0.3) is 0 Å². The minimum absolute atomic E-state index is 0.00789. The van der Waals surface area contributed by atoms with Gasteiger partial charge in [-0.25, -0.2) is 13.6 Å². The van der Waals surface area contributed by atoms with Gasteiger partial charge in [0.15, 0.2) is 11.6 Å². The summed E-state index contributed by atoms with van der Waals surface area (Å²) in [7, 11) is 1.26.